The number of amides is 1. The van der Waals surface area contributed by atoms with Crippen LogP contribution < -0.4 is 10.1 Å². The SMILES string of the molecule is CCC1C2CNCC2CN1C(=O)C1COc2ccccc21. The Morgan fingerprint density at radius 1 is 1.38 bits per heavy atom. The fraction of sp³-hybridized carbons (Fsp3) is 0.588. The number of ether oxygens (including phenoxy) is 1. The third-order valence-corrected chi connectivity index (χ3v) is 5.42. The summed E-state index contributed by atoms with van der Waals surface area (Å²) in [5, 5.41) is 3.47. The lowest BCUT2D eigenvalue weighted by Crippen LogP contribution is -2.42. The van der Waals surface area contributed by atoms with Gasteiger partial charge in [-0.15, -0.1) is 0 Å². The van der Waals surface area contributed by atoms with Crippen molar-refractivity contribution < 1.29 is 9.53 Å². The molecule has 1 amide bonds. The summed E-state index contributed by atoms with van der Waals surface area (Å²) < 4.78 is 5.69. The van der Waals surface area contributed by atoms with Gasteiger partial charge in [0.2, 0.25) is 5.91 Å². The largest absolute Gasteiger partial charge is 0.492 e. The molecule has 4 atom stereocenters. The third kappa shape index (κ3) is 1.96. The van der Waals surface area contributed by atoms with E-state index in [0.717, 1.165) is 37.4 Å². The second kappa shape index (κ2) is 5.02. The average Bonchev–Trinajstić information content (AvgIpc) is 3.19. The molecule has 2 saturated heterocycles. The van der Waals surface area contributed by atoms with Crippen molar-refractivity contribution >= 4 is 5.91 Å². The zero-order chi connectivity index (χ0) is 14.4. The topological polar surface area (TPSA) is 41.6 Å². The predicted molar refractivity (Wildman–Crippen MR) is 80.3 cm³/mol. The van der Waals surface area contributed by atoms with E-state index < -0.39 is 0 Å². The Bertz CT molecular complexity index is 559. The van der Waals surface area contributed by atoms with Gasteiger partial charge in [-0.25, -0.2) is 0 Å². The van der Waals surface area contributed by atoms with Crippen LogP contribution in [0.5, 0.6) is 5.75 Å². The molecule has 0 saturated carbocycles. The number of carbonyl (C=O) groups is 1. The highest BCUT2D eigenvalue weighted by atomic mass is 16.5. The molecule has 4 heteroatoms. The molecule has 4 unspecified atom stereocenters. The normalized spacial score (nSPS) is 33.7. The maximum atomic E-state index is 13.0. The lowest BCUT2D eigenvalue weighted by molar-refractivity contribution is -0.134. The molecule has 112 valence electrons. The number of hydrogen-bond acceptors (Lipinski definition) is 3. The van der Waals surface area contributed by atoms with Gasteiger partial charge in [0.25, 0.3) is 0 Å². The van der Waals surface area contributed by atoms with Crippen LogP contribution in [0.1, 0.15) is 24.8 Å². The van der Waals surface area contributed by atoms with Crippen LogP contribution in [0.25, 0.3) is 0 Å². The minimum atomic E-state index is -0.109. The summed E-state index contributed by atoms with van der Waals surface area (Å²) >= 11 is 0. The van der Waals surface area contributed by atoms with Gasteiger partial charge in [-0.05, 0) is 24.3 Å². The first-order chi connectivity index (χ1) is 10.3. The molecule has 1 N–H and O–H groups in total. The standard InChI is InChI=1S/C17H22N2O2/c1-2-15-13-8-18-7-11(13)9-19(15)17(20)14-10-21-16-6-4-3-5-12(14)16/h3-6,11,13-15,18H,2,7-10H2,1H3. The van der Waals surface area contributed by atoms with Gasteiger partial charge in [-0.3, -0.25) is 4.79 Å². The molecule has 2 fully saturated rings. The smallest absolute Gasteiger partial charge is 0.233 e. The van der Waals surface area contributed by atoms with Crippen molar-refractivity contribution in [2.24, 2.45) is 11.8 Å². The Hall–Kier alpha value is -1.55. The summed E-state index contributed by atoms with van der Waals surface area (Å²) in [6.07, 6.45) is 1.05. The number of nitrogens with one attached hydrogen (secondary N) is 1. The summed E-state index contributed by atoms with van der Waals surface area (Å²) in [4.78, 5) is 15.2. The molecule has 3 aliphatic heterocycles. The zero-order valence-electron chi connectivity index (χ0n) is 12.4. The number of carbonyl (C=O) groups excluding carboxylic acids is 1. The fourth-order valence-corrected chi connectivity index (χ4v) is 4.37. The molecule has 0 aromatic heterocycles. The van der Waals surface area contributed by atoms with E-state index in [1.54, 1.807) is 0 Å². The summed E-state index contributed by atoms with van der Waals surface area (Å²) in [6.45, 7) is 5.73. The van der Waals surface area contributed by atoms with Gasteiger partial charge in [0.15, 0.2) is 0 Å². The molecular formula is C17H22N2O2. The first-order valence-corrected chi connectivity index (χ1v) is 8.02. The van der Waals surface area contributed by atoms with E-state index in [1.807, 2.05) is 24.3 Å². The molecular weight excluding hydrogens is 264 g/mol. The summed E-state index contributed by atoms with van der Waals surface area (Å²) in [7, 11) is 0. The molecule has 0 bridgehead atoms. The molecule has 0 radical (unpaired) electrons. The van der Waals surface area contributed by atoms with E-state index >= 15 is 0 Å². The molecule has 4 rings (SSSR count). The molecule has 1 aromatic carbocycles. The molecule has 21 heavy (non-hydrogen) atoms. The highest BCUT2D eigenvalue weighted by molar-refractivity contribution is 5.86. The Morgan fingerprint density at radius 3 is 3.10 bits per heavy atom. The number of nitrogens with zero attached hydrogens (tertiary/aromatic N) is 1. The molecule has 0 spiro atoms. The third-order valence-electron chi connectivity index (χ3n) is 5.42. The Balaban J connectivity index is 1.58. The highest BCUT2D eigenvalue weighted by Crippen LogP contribution is 2.39. The van der Waals surface area contributed by atoms with Gasteiger partial charge in [-0.2, -0.15) is 0 Å². The van der Waals surface area contributed by atoms with Gasteiger partial charge < -0.3 is 15.0 Å². The maximum Gasteiger partial charge on any atom is 0.233 e. The Kier molecular flexibility index (Phi) is 3.14. The second-order valence-electron chi connectivity index (χ2n) is 6.45. The number of hydrogen-bond donors (Lipinski definition) is 1. The second-order valence-corrected chi connectivity index (χ2v) is 6.45. The number of fused-ring (bicyclic) bond motifs is 2. The zero-order valence-corrected chi connectivity index (χ0v) is 12.4. The van der Waals surface area contributed by atoms with E-state index in [1.165, 1.54) is 0 Å². The van der Waals surface area contributed by atoms with E-state index in [0.29, 0.717) is 24.5 Å². The monoisotopic (exact) mass is 286 g/mol. The first kappa shape index (κ1) is 13.1. The highest BCUT2D eigenvalue weighted by Gasteiger charge is 2.47. The van der Waals surface area contributed by atoms with Crippen molar-refractivity contribution in [3.05, 3.63) is 29.8 Å². The average molecular weight is 286 g/mol. The van der Waals surface area contributed by atoms with E-state index in [-0.39, 0.29) is 11.8 Å². The summed E-state index contributed by atoms with van der Waals surface area (Å²) in [5.74, 6) is 2.31. The molecule has 4 nitrogen and oxygen atoms in total. The van der Waals surface area contributed by atoms with Crippen LogP contribution >= 0.6 is 0 Å². The molecule has 3 heterocycles. The van der Waals surface area contributed by atoms with Gasteiger partial charge in [-0.1, -0.05) is 25.1 Å². The van der Waals surface area contributed by atoms with Gasteiger partial charge in [0, 0.05) is 31.2 Å². The van der Waals surface area contributed by atoms with E-state index in [4.69, 9.17) is 4.74 Å². The van der Waals surface area contributed by atoms with Gasteiger partial charge in [0.05, 0.1) is 0 Å². The van der Waals surface area contributed by atoms with Crippen molar-refractivity contribution in [2.75, 3.05) is 26.2 Å². The number of para-hydroxylation sites is 1. The molecule has 1 aromatic rings. The van der Waals surface area contributed by atoms with Crippen LogP contribution in [0.4, 0.5) is 0 Å². The van der Waals surface area contributed by atoms with Crippen LogP contribution in [-0.2, 0) is 4.79 Å². The summed E-state index contributed by atoms with van der Waals surface area (Å²) in [6, 6.07) is 8.35. The van der Waals surface area contributed by atoms with Crippen molar-refractivity contribution in [1.82, 2.24) is 10.2 Å². The number of benzene rings is 1. The van der Waals surface area contributed by atoms with Crippen molar-refractivity contribution in [3.63, 3.8) is 0 Å². The number of rotatable bonds is 2. The van der Waals surface area contributed by atoms with Crippen LogP contribution in [0, 0.1) is 11.8 Å². The van der Waals surface area contributed by atoms with Crippen molar-refractivity contribution in [2.45, 2.75) is 25.3 Å². The summed E-state index contributed by atoms with van der Waals surface area (Å²) in [5.41, 5.74) is 1.06. The first-order valence-electron chi connectivity index (χ1n) is 8.02. The van der Waals surface area contributed by atoms with Crippen molar-refractivity contribution in [1.29, 1.82) is 0 Å². The number of likely N-dealkylation sites (tertiary alicyclic amines) is 1. The minimum Gasteiger partial charge on any atom is -0.492 e. The van der Waals surface area contributed by atoms with Crippen molar-refractivity contribution in [3.8, 4) is 5.75 Å². The van der Waals surface area contributed by atoms with E-state index in [9.17, 15) is 4.79 Å². The predicted octanol–water partition coefficient (Wildman–Crippen LogP) is 1.62. The maximum absolute atomic E-state index is 13.0. The van der Waals surface area contributed by atoms with E-state index in [2.05, 4.69) is 17.1 Å². The Labute approximate surface area is 125 Å². The van der Waals surface area contributed by atoms with Crippen LogP contribution in [0.3, 0.4) is 0 Å². The Morgan fingerprint density at radius 2 is 2.24 bits per heavy atom. The minimum absolute atomic E-state index is 0.109. The van der Waals surface area contributed by atoms with Crippen LogP contribution in [0.2, 0.25) is 0 Å². The van der Waals surface area contributed by atoms with Crippen LogP contribution in [-0.4, -0.2) is 43.1 Å². The lowest BCUT2D eigenvalue weighted by Gasteiger charge is -2.29. The quantitative estimate of drug-likeness (QED) is 0.898. The molecule has 0 aliphatic carbocycles. The van der Waals surface area contributed by atoms with Gasteiger partial charge in [0.1, 0.15) is 18.3 Å². The molecule has 3 aliphatic rings. The van der Waals surface area contributed by atoms with Crippen LogP contribution in [0.15, 0.2) is 24.3 Å². The lowest BCUT2D eigenvalue weighted by atomic mass is 9.92. The fourth-order valence-electron chi connectivity index (χ4n) is 4.37. The van der Waals surface area contributed by atoms with Gasteiger partial charge >= 0.3 is 0 Å².